The first kappa shape index (κ1) is 13.5. The number of alkyl halides is 1. The van der Waals surface area contributed by atoms with Crippen molar-refractivity contribution in [3.63, 3.8) is 0 Å². The number of nitrogens with zero attached hydrogens (tertiary/aromatic N) is 2. The molecule has 0 bridgehead atoms. The number of halogens is 1. The van der Waals surface area contributed by atoms with Crippen LogP contribution in [0, 0.1) is 0 Å². The molecule has 2 aromatic rings. The molecule has 1 aromatic heterocycles. The Balaban J connectivity index is 2.56. The van der Waals surface area contributed by atoms with Crippen LogP contribution in [0.25, 0.3) is 10.8 Å². The molecule has 5 nitrogen and oxygen atoms in total. The Labute approximate surface area is 114 Å². The predicted octanol–water partition coefficient (Wildman–Crippen LogP) is 1.70. The second-order valence-electron chi connectivity index (χ2n) is 3.90. The number of esters is 1. The summed E-state index contributed by atoms with van der Waals surface area (Å²) < 4.78 is 6.04. The van der Waals surface area contributed by atoms with E-state index in [4.69, 9.17) is 16.3 Å². The molecule has 0 saturated heterocycles. The number of carbonyl (C=O) groups excluding carboxylic acids is 1. The van der Waals surface area contributed by atoms with Crippen molar-refractivity contribution >= 4 is 28.3 Å². The van der Waals surface area contributed by atoms with Crippen molar-refractivity contribution < 1.29 is 9.53 Å². The van der Waals surface area contributed by atoms with Gasteiger partial charge in [0.2, 0.25) is 0 Å². The maximum absolute atomic E-state index is 12.0. The van der Waals surface area contributed by atoms with E-state index in [1.54, 1.807) is 31.2 Å². The van der Waals surface area contributed by atoms with Crippen LogP contribution in [0.4, 0.5) is 0 Å². The van der Waals surface area contributed by atoms with Crippen molar-refractivity contribution in [3.8, 4) is 0 Å². The zero-order valence-corrected chi connectivity index (χ0v) is 11.2. The van der Waals surface area contributed by atoms with Crippen molar-refractivity contribution in [1.29, 1.82) is 0 Å². The summed E-state index contributed by atoms with van der Waals surface area (Å²) in [6, 6.07) is 6.95. The molecule has 0 aliphatic heterocycles. The van der Waals surface area contributed by atoms with Crippen LogP contribution in [0.1, 0.15) is 12.6 Å². The number of ether oxygens (including phenoxy) is 1. The highest BCUT2D eigenvalue weighted by Gasteiger charge is 2.13. The van der Waals surface area contributed by atoms with Gasteiger partial charge in [-0.1, -0.05) is 18.2 Å². The van der Waals surface area contributed by atoms with Crippen molar-refractivity contribution in [2.45, 2.75) is 19.3 Å². The Kier molecular flexibility index (Phi) is 4.16. The topological polar surface area (TPSA) is 61.2 Å². The minimum Gasteiger partial charge on any atom is -0.466 e. The fourth-order valence-corrected chi connectivity index (χ4v) is 2.03. The average molecular weight is 281 g/mol. The molecule has 1 aromatic carbocycles. The molecule has 0 amide bonds. The van der Waals surface area contributed by atoms with Crippen LogP contribution >= 0.6 is 11.6 Å². The van der Waals surface area contributed by atoms with Crippen molar-refractivity contribution in [2.24, 2.45) is 0 Å². The van der Waals surface area contributed by atoms with Gasteiger partial charge in [0.15, 0.2) is 0 Å². The Bertz CT molecular complexity index is 666. The van der Waals surface area contributed by atoms with Crippen molar-refractivity contribution in [3.05, 3.63) is 40.3 Å². The van der Waals surface area contributed by atoms with Gasteiger partial charge in [-0.15, -0.1) is 11.6 Å². The molecule has 0 spiro atoms. The first-order chi connectivity index (χ1) is 9.17. The molecule has 0 saturated carbocycles. The summed E-state index contributed by atoms with van der Waals surface area (Å²) in [6.07, 6.45) is 0.0194. The van der Waals surface area contributed by atoms with Gasteiger partial charge in [-0.3, -0.25) is 9.59 Å². The molecule has 0 fully saturated rings. The summed E-state index contributed by atoms with van der Waals surface area (Å²) in [4.78, 5) is 23.6. The number of hydrogen-bond acceptors (Lipinski definition) is 4. The van der Waals surface area contributed by atoms with Crippen LogP contribution in [0.5, 0.6) is 0 Å². The molecule has 0 radical (unpaired) electrons. The van der Waals surface area contributed by atoms with E-state index in [1.807, 2.05) is 0 Å². The monoisotopic (exact) mass is 280 g/mol. The Morgan fingerprint density at radius 3 is 2.68 bits per heavy atom. The smallest absolute Gasteiger partial charge is 0.311 e. The van der Waals surface area contributed by atoms with Crippen LogP contribution in [0.2, 0.25) is 0 Å². The van der Waals surface area contributed by atoms with E-state index < -0.39 is 0 Å². The third-order valence-electron chi connectivity index (χ3n) is 2.67. The lowest BCUT2D eigenvalue weighted by Gasteiger charge is -2.08. The minimum absolute atomic E-state index is 0.0194. The van der Waals surface area contributed by atoms with Crippen LogP contribution < -0.4 is 5.56 Å². The molecular formula is C13H13ClN2O3. The zero-order valence-electron chi connectivity index (χ0n) is 10.4. The Morgan fingerprint density at radius 2 is 2.05 bits per heavy atom. The molecule has 6 heteroatoms. The highest BCUT2D eigenvalue weighted by molar-refractivity contribution is 6.15. The number of fused-ring (bicyclic) bond motifs is 1. The quantitative estimate of drug-likeness (QED) is 0.632. The summed E-state index contributed by atoms with van der Waals surface area (Å²) in [5.41, 5.74) is 0.229. The summed E-state index contributed by atoms with van der Waals surface area (Å²) >= 11 is 5.69. The van der Waals surface area contributed by atoms with E-state index in [0.717, 1.165) is 4.68 Å². The van der Waals surface area contributed by atoms with Crippen molar-refractivity contribution in [2.75, 3.05) is 6.61 Å². The minimum atomic E-state index is -0.375. The second-order valence-corrected chi connectivity index (χ2v) is 4.14. The number of aromatic nitrogens is 2. The summed E-state index contributed by atoms with van der Waals surface area (Å²) in [7, 11) is 0. The SMILES string of the molecule is CCOC(=O)Cc1nn(CCl)c(=O)c2ccccc12. The fourth-order valence-electron chi connectivity index (χ4n) is 1.87. The first-order valence-electron chi connectivity index (χ1n) is 5.87. The molecule has 0 aliphatic carbocycles. The summed E-state index contributed by atoms with van der Waals surface area (Å²) in [5, 5.41) is 5.26. The summed E-state index contributed by atoms with van der Waals surface area (Å²) in [6.45, 7) is 2.05. The molecule has 100 valence electrons. The maximum Gasteiger partial charge on any atom is 0.311 e. The summed E-state index contributed by atoms with van der Waals surface area (Å²) in [5.74, 6) is -0.375. The highest BCUT2D eigenvalue weighted by atomic mass is 35.5. The molecular weight excluding hydrogens is 268 g/mol. The van der Waals surface area contributed by atoms with E-state index in [-0.39, 0.29) is 24.0 Å². The van der Waals surface area contributed by atoms with E-state index in [0.29, 0.717) is 23.1 Å². The molecule has 0 atom stereocenters. The molecule has 0 unspecified atom stereocenters. The van der Waals surface area contributed by atoms with Crippen LogP contribution in [-0.2, 0) is 22.0 Å². The third-order valence-corrected chi connectivity index (χ3v) is 2.90. The van der Waals surface area contributed by atoms with Gasteiger partial charge in [0, 0.05) is 5.39 Å². The normalized spacial score (nSPS) is 10.6. The number of carbonyl (C=O) groups is 1. The van der Waals surface area contributed by atoms with Crippen LogP contribution in [-0.4, -0.2) is 22.4 Å². The van der Waals surface area contributed by atoms with Gasteiger partial charge in [0.25, 0.3) is 5.56 Å². The zero-order chi connectivity index (χ0) is 13.8. The van der Waals surface area contributed by atoms with Crippen molar-refractivity contribution in [1.82, 2.24) is 9.78 Å². The maximum atomic E-state index is 12.0. The lowest BCUT2D eigenvalue weighted by Crippen LogP contribution is -2.24. The van der Waals surface area contributed by atoms with Gasteiger partial charge >= 0.3 is 5.97 Å². The predicted molar refractivity (Wildman–Crippen MR) is 72.2 cm³/mol. The molecule has 0 aliphatic rings. The number of rotatable bonds is 4. The average Bonchev–Trinajstić information content (AvgIpc) is 2.42. The van der Waals surface area contributed by atoms with Gasteiger partial charge in [-0.2, -0.15) is 5.10 Å². The number of hydrogen-bond donors (Lipinski definition) is 0. The third kappa shape index (κ3) is 2.76. The van der Waals surface area contributed by atoms with Gasteiger partial charge in [-0.05, 0) is 13.0 Å². The van der Waals surface area contributed by atoms with E-state index in [2.05, 4.69) is 5.10 Å². The van der Waals surface area contributed by atoms with Crippen LogP contribution in [0.3, 0.4) is 0 Å². The van der Waals surface area contributed by atoms with E-state index >= 15 is 0 Å². The molecule has 19 heavy (non-hydrogen) atoms. The number of benzene rings is 1. The fraction of sp³-hybridized carbons (Fsp3) is 0.308. The molecule has 2 rings (SSSR count). The van der Waals surface area contributed by atoms with Gasteiger partial charge in [0.05, 0.1) is 24.1 Å². The highest BCUT2D eigenvalue weighted by Crippen LogP contribution is 2.14. The van der Waals surface area contributed by atoms with E-state index in [9.17, 15) is 9.59 Å². The lowest BCUT2D eigenvalue weighted by molar-refractivity contribution is -0.142. The molecule has 0 N–H and O–H groups in total. The van der Waals surface area contributed by atoms with E-state index in [1.165, 1.54) is 0 Å². The Hall–Kier alpha value is -1.88. The standard InChI is InChI=1S/C13H13ClN2O3/c1-2-19-12(17)7-11-9-5-3-4-6-10(9)13(18)16(8-14)15-11/h3-6H,2,7-8H2,1H3. The molecule has 1 heterocycles. The van der Waals surface area contributed by atoms with Gasteiger partial charge < -0.3 is 4.74 Å². The Morgan fingerprint density at radius 1 is 1.37 bits per heavy atom. The lowest BCUT2D eigenvalue weighted by atomic mass is 10.1. The first-order valence-corrected chi connectivity index (χ1v) is 6.41. The second kappa shape index (κ2) is 5.84. The van der Waals surface area contributed by atoms with Gasteiger partial charge in [-0.25, -0.2) is 4.68 Å². The van der Waals surface area contributed by atoms with Crippen LogP contribution in [0.15, 0.2) is 29.1 Å². The largest absolute Gasteiger partial charge is 0.466 e. The van der Waals surface area contributed by atoms with Gasteiger partial charge in [0.1, 0.15) is 6.00 Å².